The number of carbonyl (C=O) groups excluding carboxylic acids is 3. The first-order valence-electron chi connectivity index (χ1n) is 25.8. The third-order valence-electron chi connectivity index (χ3n) is 11.5. The molecule has 0 rings (SSSR count). The van der Waals surface area contributed by atoms with Crippen molar-refractivity contribution in [1.29, 1.82) is 0 Å². The highest BCUT2D eigenvalue weighted by Gasteiger charge is 2.19. The minimum atomic E-state index is -0.772. The van der Waals surface area contributed by atoms with Gasteiger partial charge in [0.2, 0.25) is 0 Å². The van der Waals surface area contributed by atoms with Crippen molar-refractivity contribution in [2.45, 2.75) is 284 Å². The third-order valence-corrected chi connectivity index (χ3v) is 11.5. The minimum absolute atomic E-state index is 0.0722. The maximum absolute atomic E-state index is 12.8. The molecule has 0 saturated carbocycles. The van der Waals surface area contributed by atoms with E-state index >= 15 is 0 Å². The number of unbranched alkanes of at least 4 members (excludes halogenated alkanes) is 32. The number of rotatable bonds is 47. The largest absolute Gasteiger partial charge is 0.462 e. The van der Waals surface area contributed by atoms with Crippen LogP contribution in [0.4, 0.5) is 0 Å². The lowest BCUT2D eigenvalue weighted by Gasteiger charge is -2.18. The van der Waals surface area contributed by atoms with Crippen molar-refractivity contribution in [3.63, 3.8) is 0 Å². The molecule has 0 N–H and O–H groups in total. The van der Waals surface area contributed by atoms with Gasteiger partial charge in [-0.25, -0.2) is 0 Å². The van der Waals surface area contributed by atoms with E-state index in [1.807, 2.05) is 0 Å². The lowest BCUT2D eigenvalue weighted by Crippen LogP contribution is -2.30. The standard InChI is InChI=1S/C53H98O6/c1-4-7-10-13-16-19-22-24-26-28-31-34-37-40-43-46-52(55)58-49-50(48-57-51(54)45-42-39-36-33-30-21-18-15-12-9-6-3)59-53(56)47-44-41-38-35-32-29-27-25-23-20-17-14-11-8-5-2/h17,20,25,27,50H,4-16,18-19,21-24,26,28-49H2,1-3H3/b20-17-,27-25-/t50-/m0/s1. The molecule has 0 fully saturated rings. The molecule has 0 heterocycles. The van der Waals surface area contributed by atoms with Crippen molar-refractivity contribution in [3.05, 3.63) is 24.3 Å². The van der Waals surface area contributed by atoms with Crippen molar-refractivity contribution in [2.24, 2.45) is 0 Å². The fourth-order valence-electron chi connectivity index (χ4n) is 7.53. The average Bonchev–Trinajstić information content (AvgIpc) is 3.23. The van der Waals surface area contributed by atoms with Crippen LogP contribution in [0.5, 0.6) is 0 Å². The van der Waals surface area contributed by atoms with Crippen molar-refractivity contribution >= 4 is 17.9 Å². The van der Waals surface area contributed by atoms with E-state index in [0.717, 1.165) is 77.0 Å². The summed E-state index contributed by atoms with van der Waals surface area (Å²) in [5, 5.41) is 0. The van der Waals surface area contributed by atoms with E-state index in [4.69, 9.17) is 14.2 Å². The number of ether oxygens (including phenoxy) is 3. The van der Waals surface area contributed by atoms with Crippen LogP contribution in [-0.4, -0.2) is 37.2 Å². The van der Waals surface area contributed by atoms with Gasteiger partial charge in [0, 0.05) is 19.3 Å². The average molecular weight is 831 g/mol. The van der Waals surface area contributed by atoms with Gasteiger partial charge in [-0.3, -0.25) is 14.4 Å². The molecule has 0 radical (unpaired) electrons. The molecule has 59 heavy (non-hydrogen) atoms. The van der Waals surface area contributed by atoms with E-state index in [-0.39, 0.29) is 31.1 Å². The molecule has 0 bridgehead atoms. The van der Waals surface area contributed by atoms with Gasteiger partial charge in [-0.1, -0.05) is 231 Å². The molecule has 0 saturated heterocycles. The second-order valence-electron chi connectivity index (χ2n) is 17.4. The van der Waals surface area contributed by atoms with Crippen LogP contribution < -0.4 is 0 Å². The van der Waals surface area contributed by atoms with E-state index in [0.29, 0.717) is 19.3 Å². The van der Waals surface area contributed by atoms with Crippen LogP contribution in [0.25, 0.3) is 0 Å². The molecule has 0 aliphatic carbocycles. The first kappa shape index (κ1) is 56.9. The molecule has 0 aliphatic rings. The molecule has 6 nitrogen and oxygen atoms in total. The van der Waals surface area contributed by atoms with Crippen LogP contribution in [0, 0.1) is 0 Å². The lowest BCUT2D eigenvalue weighted by atomic mass is 10.0. The maximum Gasteiger partial charge on any atom is 0.306 e. The normalized spacial score (nSPS) is 12.1. The molecule has 1 atom stereocenters. The summed E-state index contributed by atoms with van der Waals surface area (Å²) in [4.78, 5) is 37.9. The summed E-state index contributed by atoms with van der Waals surface area (Å²) < 4.78 is 16.8. The highest BCUT2D eigenvalue weighted by Crippen LogP contribution is 2.16. The Balaban J connectivity index is 4.35. The minimum Gasteiger partial charge on any atom is -0.462 e. The third kappa shape index (κ3) is 46.8. The van der Waals surface area contributed by atoms with Crippen molar-refractivity contribution in [3.8, 4) is 0 Å². The first-order chi connectivity index (χ1) is 29.0. The Morgan fingerprint density at radius 3 is 0.966 bits per heavy atom. The fourth-order valence-corrected chi connectivity index (χ4v) is 7.53. The Kier molecular flexibility index (Phi) is 46.8. The van der Waals surface area contributed by atoms with Gasteiger partial charge in [0.25, 0.3) is 0 Å². The zero-order chi connectivity index (χ0) is 43.0. The second kappa shape index (κ2) is 48.6. The molecule has 0 amide bonds. The SMILES string of the molecule is CCCCC/C=C\C/C=C\CCCCCCCC(=O)O[C@@H](COC(=O)CCCCCCCCCCCCC)COC(=O)CCCCCCCCCCCCCCCCC. The monoisotopic (exact) mass is 831 g/mol. The lowest BCUT2D eigenvalue weighted by molar-refractivity contribution is -0.167. The van der Waals surface area contributed by atoms with Gasteiger partial charge < -0.3 is 14.2 Å². The predicted molar refractivity (Wildman–Crippen MR) is 252 cm³/mol. The van der Waals surface area contributed by atoms with Crippen LogP contribution in [0.15, 0.2) is 24.3 Å². The Morgan fingerprint density at radius 1 is 0.339 bits per heavy atom. The number of carbonyl (C=O) groups is 3. The Labute approximate surface area is 366 Å². The molecule has 0 spiro atoms. The number of allylic oxidation sites excluding steroid dienone is 4. The van der Waals surface area contributed by atoms with Gasteiger partial charge in [-0.05, 0) is 51.4 Å². The first-order valence-corrected chi connectivity index (χ1v) is 25.8. The molecule has 0 aromatic rings. The molecule has 0 aliphatic heterocycles. The molecular weight excluding hydrogens is 733 g/mol. The summed E-state index contributed by atoms with van der Waals surface area (Å²) in [5.41, 5.74) is 0. The highest BCUT2D eigenvalue weighted by molar-refractivity contribution is 5.71. The van der Waals surface area contributed by atoms with Crippen LogP contribution in [0.3, 0.4) is 0 Å². The summed E-state index contributed by atoms with van der Waals surface area (Å²) in [6.07, 6.45) is 54.4. The zero-order valence-electron chi connectivity index (χ0n) is 39.5. The topological polar surface area (TPSA) is 78.9 Å². The number of esters is 3. The Hall–Kier alpha value is -2.11. The summed E-state index contributed by atoms with van der Waals surface area (Å²) in [6, 6.07) is 0. The molecule has 6 heteroatoms. The Bertz CT molecular complexity index is 958. The Morgan fingerprint density at radius 2 is 0.610 bits per heavy atom. The van der Waals surface area contributed by atoms with Crippen molar-refractivity contribution < 1.29 is 28.6 Å². The summed E-state index contributed by atoms with van der Waals surface area (Å²) in [7, 11) is 0. The van der Waals surface area contributed by atoms with Crippen LogP contribution in [0.2, 0.25) is 0 Å². The molecule has 346 valence electrons. The van der Waals surface area contributed by atoms with Crippen molar-refractivity contribution in [2.75, 3.05) is 13.2 Å². The summed E-state index contributed by atoms with van der Waals surface area (Å²) in [6.45, 7) is 6.62. The quantitative estimate of drug-likeness (QED) is 0.0263. The van der Waals surface area contributed by atoms with Gasteiger partial charge in [-0.15, -0.1) is 0 Å². The zero-order valence-corrected chi connectivity index (χ0v) is 39.5. The molecular formula is C53H98O6. The van der Waals surface area contributed by atoms with Gasteiger partial charge >= 0.3 is 17.9 Å². The summed E-state index contributed by atoms with van der Waals surface area (Å²) >= 11 is 0. The van der Waals surface area contributed by atoms with E-state index in [1.165, 1.54) is 161 Å². The number of hydrogen-bond donors (Lipinski definition) is 0. The smallest absolute Gasteiger partial charge is 0.306 e. The maximum atomic E-state index is 12.8. The molecule has 0 unspecified atom stereocenters. The van der Waals surface area contributed by atoms with E-state index < -0.39 is 6.10 Å². The van der Waals surface area contributed by atoms with Gasteiger partial charge in [0.05, 0.1) is 0 Å². The van der Waals surface area contributed by atoms with Crippen LogP contribution in [-0.2, 0) is 28.6 Å². The van der Waals surface area contributed by atoms with E-state index in [9.17, 15) is 14.4 Å². The highest BCUT2D eigenvalue weighted by atomic mass is 16.6. The van der Waals surface area contributed by atoms with E-state index in [2.05, 4.69) is 45.1 Å². The van der Waals surface area contributed by atoms with Crippen LogP contribution >= 0.6 is 0 Å². The summed E-state index contributed by atoms with van der Waals surface area (Å²) in [5.74, 6) is -0.873. The fraction of sp³-hybridized carbons (Fsp3) is 0.868. The van der Waals surface area contributed by atoms with E-state index in [1.54, 1.807) is 0 Å². The van der Waals surface area contributed by atoms with Gasteiger partial charge in [0.15, 0.2) is 6.10 Å². The number of hydrogen-bond acceptors (Lipinski definition) is 6. The van der Waals surface area contributed by atoms with Crippen LogP contribution in [0.1, 0.15) is 278 Å². The van der Waals surface area contributed by atoms with Crippen molar-refractivity contribution in [1.82, 2.24) is 0 Å². The second-order valence-corrected chi connectivity index (χ2v) is 17.4. The molecule has 0 aromatic carbocycles. The van der Waals surface area contributed by atoms with Gasteiger partial charge in [0.1, 0.15) is 13.2 Å². The van der Waals surface area contributed by atoms with Gasteiger partial charge in [-0.2, -0.15) is 0 Å². The predicted octanol–water partition coefficient (Wildman–Crippen LogP) is 16.8. The molecule has 0 aromatic heterocycles.